The van der Waals surface area contributed by atoms with Crippen LogP contribution in [0.4, 0.5) is 5.69 Å². The van der Waals surface area contributed by atoms with Crippen molar-refractivity contribution in [3.63, 3.8) is 0 Å². The van der Waals surface area contributed by atoms with Gasteiger partial charge in [-0.2, -0.15) is 12.7 Å². The summed E-state index contributed by atoms with van der Waals surface area (Å²) in [5.41, 5.74) is 0.247. The van der Waals surface area contributed by atoms with Gasteiger partial charge in [-0.1, -0.05) is 25.4 Å². The second-order valence-electron chi connectivity index (χ2n) is 3.36. The number of nitrogens with one attached hydrogen (secondary N) is 1. The lowest BCUT2D eigenvalue weighted by atomic mass is 10.3. The quantitative estimate of drug-likeness (QED) is 0.810. The molecule has 0 aliphatic carbocycles. The zero-order valence-electron chi connectivity index (χ0n) is 9.64. The van der Waals surface area contributed by atoms with Gasteiger partial charge in [0.25, 0.3) is 0 Å². The Morgan fingerprint density at radius 3 is 2.41 bits per heavy atom. The predicted molar refractivity (Wildman–Crippen MR) is 68.6 cm³/mol. The highest BCUT2D eigenvalue weighted by Gasteiger charge is 2.19. The maximum absolute atomic E-state index is 11.9. The average molecular weight is 279 g/mol. The molecule has 5 nitrogen and oxygen atoms in total. The number of hydrogen-bond donors (Lipinski definition) is 2. The van der Waals surface area contributed by atoms with E-state index in [-0.39, 0.29) is 16.5 Å². The van der Waals surface area contributed by atoms with Crippen LogP contribution in [0, 0.1) is 0 Å². The molecule has 0 heterocycles. The summed E-state index contributed by atoms with van der Waals surface area (Å²) in [4.78, 5) is 0. The van der Waals surface area contributed by atoms with Crippen molar-refractivity contribution in [1.82, 2.24) is 4.31 Å². The molecule has 0 aromatic heterocycles. The summed E-state index contributed by atoms with van der Waals surface area (Å²) in [7, 11) is -3.59. The first-order chi connectivity index (χ1) is 7.90. The maximum atomic E-state index is 11.9. The largest absolute Gasteiger partial charge is 0.508 e. The summed E-state index contributed by atoms with van der Waals surface area (Å²) in [6, 6.07) is 4.06. The van der Waals surface area contributed by atoms with E-state index in [0.29, 0.717) is 13.1 Å². The minimum absolute atomic E-state index is 0.0132. The Bertz CT molecular complexity index is 486. The van der Waals surface area contributed by atoms with Crippen LogP contribution in [0.1, 0.15) is 13.8 Å². The van der Waals surface area contributed by atoms with E-state index in [4.69, 9.17) is 16.7 Å². The number of benzene rings is 1. The molecule has 0 bridgehead atoms. The smallest absolute Gasteiger partial charge is 0.301 e. The minimum Gasteiger partial charge on any atom is -0.508 e. The third-order valence-corrected chi connectivity index (χ3v) is 4.22. The number of anilines is 1. The Morgan fingerprint density at radius 1 is 1.35 bits per heavy atom. The zero-order valence-corrected chi connectivity index (χ0v) is 11.2. The van der Waals surface area contributed by atoms with E-state index in [1.165, 1.54) is 22.5 Å². The number of hydrogen-bond acceptors (Lipinski definition) is 3. The molecule has 0 saturated heterocycles. The van der Waals surface area contributed by atoms with E-state index >= 15 is 0 Å². The van der Waals surface area contributed by atoms with Gasteiger partial charge < -0.3 is 5.11 Å². The summed E-state index contributed by atoms with van der Waals surface area (Å²) < 4.78 is 27.4. The molecule has 0 saturated carbocycles. The van der Waals surface area contributed by atoms with Crippen LogP contribution in [0.5, 0.6) is 5.75 Å². The van der Waals surface area contributed by atoms with Gasteiger partial charge in [0, 0.05) is 19.2 Å². The molecule has 0 amide bonds. The molecule has 0 radical (unpaired) electrons. The monoisotopic (exact) mass is 278 g/mol. The number of phenols is 1. The van der Waals surface area contributed by atoms with Crippen molar-refractivity contribution in [2.75, 3.05) is 17.8 Å². The van der Waals surface area contributed by atoms with Gasteiger partial charge in [-0.25, -0.2) is 0 Å². The second kappa shape index (κ2) is 5.57. The lowest BCUT2D eigenvalue weighted by Crippen LogP contribution is -2.35. The second-order valence-corrected chi connectivity index (χ2v) is 5.43. The lowest BCUT2D eigenvalue weighted by molar-refractivity contribution is 0.449. The molecule has 1 aromatic rings. The molecule has 0 aliphatic heterocycles. The third kappa shape index (κ3) is 3.49. The Balaban J connectivity index is 2.98. The Morgan fingerprint density at radius 2 is 1.94 bits per heavy atom. The first-order valence-electron chi connectivity index (χ1n) is 5.17. The van der Waals surface area contributed by atoms with Gasteiger partial charge in [0.05, 0.1) is 10.7 Å². The third-order valence-electron chi connectivity index (χ3n) is 2.24. The van der Waals surface area contributed by atoms with Gasteiger partial charge in [0.1, 0.15) is 5.75 Å². The highest BCUT2D eigenvalue weighted by atomic mass is 35.5. The van der Waals surface area contributed by atoms with E-state index in [1.807, 2.05) is 0 Å². The number of rotatable bonds is 5. The van der Waals surface area contributed by atoms with E-state index < -0.39 is 10.2 Å². The summed E-state index contributed by atoms with van der Waals surface area (Å²) in [5.74, 6) is -0.0132. The van der Waals surface area contributed by atoms with Gasteiger partial charge >= 0.3 is 10.2 Å². The van der Waals surface area contributed by atoms with Gasteiger partial charge in [-0.15, -0.1) is 0 Å². The number of phenolic OH excluding ortho intramolecular Hbond substituents is 1. The van der Waals surface area contributed by atoms with Crippen molar-refractivity contribution >= 4 is 27.5 Å². The molecule has 0 fully saturated rings. The SMILES string of the molecule is CCN(CC)S(=O)(=O)Nc1ccc(O)cc1Cl. The highest BCUT2D eigenvalue weighted by molar-refractivity contribution is 7.90. The van der Waals surface area contributed by atoms with Crippen molar-refractivity contribution < 1.29 is 13.5 Å². The fourth-order valence-electron chi connectivity index (χ4n) is 1.35. The van der Waals surface area contributed by atoms with Crippen molar-refractivity contribution in [1.29, 1.82) is 0 Å². The summed E-state index contributed by atoms with van der Waals surface area (Å²) in [6.07, 6.45) is 0. The van der Waals surface area contributed by atoms with E-state index in [2.05, 4.69) is 4.72 Å². The van der Waals surface area contributed by atoms with Crippen LogP contribution in [0.15, 0.2) is 18.2 Å². The van der Waals surface area contributed by atoms with Gasteiger partial charge in [-0.05, 0) is 12.1 Å². The molecular formula is C10H15ClN2O3S. The average Bonchev–Trinajstić information content (AvgIpc) is 2.23. The van der Waals surface area contributed by atoms with E-state index in [0.717, 1.165) is 0 Å². The molecule has 96 valence electrons. The molecule has 7 heteroatoms. The van der Waals surface area contributed by atoms with Crippen LogP contribution in [-0.2, 0) is 10.2 Å². The Hall–Kier alpha value is -0.980. The predicted octanol–water partition coefficient (Wildman–Crippen LogP) is 2.04. The van der Waals surface area contributed by atoms with E-state index in [1.54, 1.807) is 13.8 Å². The Labute approximate surface area is 106 Å². The Kier molecular flexibility index (Phi) is 4.62. The van der Waals surface area contributed by atoms with E-state index in [9.17, 15) is 8.42 Å². The fourth-order valence-corrected chi connectivity index (χ4v) is 2.90. The summed E-state index contributed by atoms with van der Waals surface area (Å²) in [6.45, 7) is 4.26. The van der Waals surface area contributed by atoms with Crippen LogP contribution in [-0.4, -0.2) is 30.9 Å². The van der Waals surface area contributed by atoms with Gasteiger partial charge in [0.2, 0.25) is 0 Å². The van der Waals surface area contributed by atoms with Crippen LogP contribution in [0.2, 0.25) is 5.02 Å². The maximum Gasteiger partial charge on any atom is 0.301 e. The van der Waals surface area contributed by atoms with Crippen LogP contribution >= 0.6 is 11.6 Å². The molecule has 0 spiro atoms. The van der Waals surface area contributed by atoms with Crippen LogP contribution in [0.25, 0.3) is 0 Å². The molecule has 1 rings (SSSR count). The van der Waals surface area contributed by atoms with Crippen LogP contribution in [0.3, 0.4) is 0 Å². The lowest BCUT2D eigenvalue weighted by Gasteiger charge is -2.19. The van der Waals surface area contributed by atoms with Gasteiger partial charge in [-0.3, -0.25) is 4.72 Å². The fraction of sp³-hybridized carbons (Fsp3) is 0.400. The molecule has 2 N–H and O–H groups in total. The molecule has 1 aromatic carbocycles. The first kappa shape index (κ1) is 14.1. The molecular weight excluding hydrogens is 264 g/mol. The molecule has 0 aliphatic rings. The summed E-state index contributed by atoms with van der Waals surface area (Å²) >= 11 is 5.82. The van der Waals surface area contributed by atoms with Crippen molar-refractivity contribution in [3.8, 4) is 5.75 Å². The minimum atomic E-state index is -3.59. The zero-order chi connectivity index (χ0) is 13.1. The number of halogens is 1. The van der Waals surface area contributed by atoms with Crippen molar-refractivity contribution in [2.45, 2.75) is 13.8 Å². The molecule has 0 unspecified atom stereocenters. The normalized spacial score (nSPS) is 11.8. The number of nitrogens with zero attached hydrogens (tertiary/aromatic N) is 1. The van der Waals surface area contributed by atoms with Crippen molar-refractivity contribution in [3.05, 3.63) is 23.2 Å². The standard InChI is InChI=1S/C10H15ClN2O3S/c1-3-13(4-2)17(15,16)12-10-6-5-8(14)7-9(10)11/h5-7,12,14H,3-4H2,1-2H3. The summed E-state index contributed by atoms with van der Waals surface area (Å²) in [5, 5.41) is 9.32. The topological polar surface area (TPSA) is 69.6 Å². The first-order valence-corrected chi connectivity index (χ1v) is 6.99. The van der Waals surface area contributed by atoms with Crippen LogP contribution < -0.4 is 4.72 Å². The van der Waals surface area contributed by atoms with Crippen molar-refractivity contribution in [2.24, 2.45) is 0 Å². The number of aromatic hydroxyl groups is 1. The molecule has 17 heavy (non-hydrogen) atoms. The highest BCUT2D eigenvalue weighted by Crippen LogP contribution is 2.27. The van der Waals surface area contributed by atoms with Gasteiger partial charge in [0.15, 0.2) is 0 Å². The molecule has 0 atom stereocenters.